The highest BCUT2D eigenvalue weighted by Crippen LogP contribution is 2.01. The summed E-state index contributed by atoms with van der Waals surface area (Å²) in [5, 5.41) is 2.67. The molecular weight excluding hydrogens is 234 g/mol. The molecule has 0 atom stereocenters. The minimum atomic E-state index is -0.122. The van der Waals surface area contributed by atoms with Crippen molar-refractivity contribution in [1.82, 2.24) is 5.32 Å². The SMILES string of the molecule is CC(=O)SCC(=O)NCC=Cc1ccccc1. The van der Waals surface area contributed by atoms with Gasteiger partial charge < -0.3 is 5.32 Å². The van der Waals surface area contributed by atoms with Gasteiger partial charge in [-0.2, -0.15) is 0 Å². The van der Waals surface area contributed by atoms with Gasteiger partial charge in [0.2, 0.25) is 5.91 Å². The number of thioether (sulfide) groups is 1. The molecule has 0 bridgehead atoms. The van der Waals surface area contributed by atoms with Crippen LogP contribution in [0.5, 0.6) is 0 Å². The van der Waals surface area contributed by atoms with E-state index in [-0.39, 0.29) is 16.8 Å². The van der Waals surface area contributed by atoms with Gasteiger partial charge in [-0.1, -0.05) is 54.2 Å². The summed E-state index contributed by atoms with van der Waals surface area (Å²) in [5.74, 6) is 0.0667. The zero-order valence-electron chi connectivity index (χ0n) is 9.68. The second kappa shape index (κ2) is 7.68. The van der Waals surface area contributed by atoms with Gasteiger partial charge in [-0.3, -0.25) is 9.59 Å². The fraction of sp³-hybridized carbons (Fsp3) is 0.231. The summed E-state index contributed by atoms with van der Waals surface area (Å²) in [7, 11) is 0. The van der Waals surface area contributed by atoms with Crippen molar-refractivity contribution >= 4 is 28.9 Å². The summed E-state index contributed by atoms with van der Waals surface area (Å²) < 4.78 is 0. The van der Waals surface area contributed by atoms with E-state index >= 15 is 0 Å². The fourth-order valence-electron chi connectivity index (χ4n) is 1.15. The lowest BCUT2D eigenvalue weighted by molar-refractivity contribution is -0.118. The third-order valence-electron chi connectivity index (χ3n) is 1.93. The predicted octanol–water partition coefficient (Wildman–Crippen LogP) is 2.10. The van der Waals surface area contributed by atoms with Crippen LogP contribution in [0.15, 0.2) is 36.4 Å². The van der Waals surface area contributed by atoms with Gasteiger partial charge in [0.25, 0.3) is 0 Å². The molecule has 0 heterocycles. The smallest absolute Gasteiger partial charge is 0.230 e. The first-order valence-electron chi connectivity index (χ1n) is 5.30. The largest absolute Gasteiger partial charge is 0.352 e. The van der Waals surface area contributed by atoms with Crippen molar-refractivity contribution < 1.29 is 9.59 Å². The van der Waals surface area contributed by atoms with E-state index in [2.05, 4.69) is 5.32 Å². The maximum atomic E-state index is 11.2. The molecule has 0 aliphatic carbocycles. The zero-order chi connectivity index (χ0) is 12.5. The number of hydrogen-bond acceptors (Lipinski definition) is 3. The minimum Gasteiger partial charge on any atom is -0.352 e. The molecule has 1 amide bonds. The van der Waals surface area contributed by atoms with Crippen molar-refractivity contribution in [1.29, 1.82) is 0 Å². The highest BCUT2D eigenvalue weighted by atomic mass is 32.2. The maximum absolute atomic E-state index is 11.2. The molecule has 0 aliphatic rings. The molecule has 0 saturated heterocycles. The Hall–Kier alpha value is -1.55. The van der Waals surface area contributed by atoms with E-state index in [1.807, 2.05) is 42.5 Å². The Labute approximate surface area is 105 Å². The van der Waals surface area contributed by atoms with E-state index in [1.54, 1.807) is 0 Å². The third-order valence-corrected chi connectivity index (χ3v) is 2.75. The second-order valence-corrected chi connectivity index (χ2v) is 4.55. The fourth-order valence-corrected chi connectivity index (χ4v) is 1.59. The van der Waals surface area contributed by atoms with Crippen LogP contribution in [0.2, 0.25) is 0 Å². The monoisotopic (exact) mass is 249 g/mol. The van der Waals surface area contributed by atoms with Crippen molar-refractivity contribution in [2.24, 2.45) is 0 Å². The van der Waals surface area contributed by atoms with E-state index in [9.17, 15) is 9.59 Å². The van der Waals surface area contributed by atoms with Crippen LogP contribution < -0.4 is 5.32 Å². The van der Waals surface area contributed by atoms with Gasteiger partial charge in [-0.25, -0.2) is 0 Å². The van der Waals surface area contributed by atoms with E-state index in [0.717, 1.165) is 17.3 Å². The molecule has 0 spiro atoms. The Balaban J connectivity index is 2.21. The summed E-state index contributed by atoms with van der Waals surface area (Å²) in [6.45, 7) is 1.93. The number of carbonyl (C=O) groups is 2. The molecule has 3 nitrogen and oxygen atoms in total. The second-order valence-electron chi connectivity index (χ2n) is 3.40. The van der Waals surface area contributed by atoms with Crippen molar-refractivity contribution in [2.45, 2.75) is 6.92 Å². The quantitative estimate of drug-likeness (QED) is 0.869. The number of benzene rings is 1. The summed E-state index contributed by atoms with van der Waals surface area (Å²) >= 11 is 1.02. The third kappa shape index (κ3) is 6.58. The minimum absolute atomic E-state index is 0.0417. The lowest BCUT2D eigenvalue weighted by Gasteiger charge is -1.99. The predicted molar refractivity (Wildman–Crippen MR) is 71.6 cm³/mol. The molecule has 0 fully saturated rings. The van der Waals surface area contributed by atoms with Gasteiger partial charge in [0.15, 0.2) is 5.12 Å². The van der Waals surface area contributed by atoms with Crippen molar-refractivity contribution in [2.75, 3.05) is 12.3 Å². The summed E-state index contributed by atoms with van der Waals surface area (Å²) in [5.41, 5.74) is 1.10. The Morgan fingerprint density at radius 2 is 2.00 bits per heavy atom. The van der Waals surface area contributed by atoms with Crippen LogP contribution in [0.3, 0.4) is 0 Å². The van der Waals surface area contributed by atoms with Crippen LogP contribution in [0.4, 0.5) is 0 Å². The van der Waals surface area contributed by atoms with Gasteiger partial charge in [0, 0.05) is 13.5 Å². The first kappa shape index (κ1) is 13.5. The summed E-state index contributed by atoms with van der Waals surface area (Å²) in [4.78, 5) is 21.9. The standard InChI is InChI=1S/C13H15NO2S/c1-11(15)17-10-13(16)14-9-5-8-12-6-3-2-4-7-12/h2-8H,9-10H2,1H3,(H,14,16). The Kier molecular flexibility index (Phi) is 6.10. The first-order chi connectivity index (χ1) is 8.18. The average molecular weight is 249 g/mol. The molecule has 1 N–H and O–H groups in total. The molecule has 90 valence electrons. The zero-order valence-corrected chi connectivity index (χ0v) is 10.5. The molecule has 0 radical (unpaired) electrons. The lowest BCUT2D eigenvalue weighted by Crippen LogP contribution is -2.25. The number of carbonyl (C=O) groups excluding carboxylic acids is 2. The van der Waals surface area contributed by atoms with E-state index in [0.29, 0.717) is 6.54 Å². The van der Waals surface area contributed by atoms with Crippen LogP contribution in [0, 0.1) is 0 Å². The molecule has 4 heteroatoms. The highest BCUT2D eigenvalue weighted by molar-refractivity contribution is 8.14. The van der Waals surface area contributed by atoms with Crippen LogP contribution in [0.1, 0.15) is 12.5 Å². The first-order valence-corrected chi connectivity index (χ1v) is 6.28. The molecule has 1 aromatic rings. The van der Waals surface area contributed by atoms with Gasteiger partial charge in [0.1, 0.15) is 0 Å². The topological polar surface area (TPSA) is 46.2 Å². The van der Waals surface area contributed by atoms with E-state index in [4.69, 9.17) is 0 Å². The molecule has 0 saturated carbocycles. The molecule has 0 aliphatic heterocycles. The number of rotatable bonds is 5. The number of hydrogen-bond donors (Lipinski definition) is 1. The maximum Gasteiger partial charge on any atom is 0.230 e. The van der Waals surface area contributed by atoms with Crippen molar-refractivity contribution in [3.05, 3.63) is 42.0 Å². The highest BCUT2D eigenvalue weighted by Gasteiger charge is 2.01. The molecular formula is C13H15NO2S. The molecule has 17 heavy (non-hydrogen) atoms. The van der Waals surface area contributed by atoms with Crippen LogP contribution >= 0.6 is 11.8 Å². The van der Waals surface area contributed by atoms with Crippen molar-refractivity contribution in [3.63, 3.8) is 0 Å². The number of amides is 1. The van der Waals surface area contributed by atoms with E-state index < -0.39 is 0 Å². The van der Waals surface area contributed by atoms with E-state index in [1.165, 1.54) is 6.92 Å². The van der Waals surface area contributed by atoms with Crippen LogP contribution in [-0.4, -0.2) is 23.3 Å². The Bertz CT molecular complexity index is 401. The average Bonchev–Trinajstić information content (AvgIpc) is 2.33. The summed E-state index contributed by atoms with van der Waals surface area (Å²) in [6, 6.07) is 9.86. The van der Waals surface area contributed by atoms with Gasteiger partial charge in [-0.05, 0) is 5.56 Å². The van der Waals surface area contributed by atoms with Gasteiger partial charge >= 0.3 is 0 Å². The lowest BCUT2D eigenvalue weighted by atomic mass is 10.2. The normalized spacial score (nSPS) is 10.4. The Morgan fingerprint density at radius 3 is 2.65 bits per heavy atom. The summed E-state index contributed by atoms with van der Waals surface area (Å²) in [6.07, 6.45) is 3.82. The van der Waals surface area contributed by atoms with Crippen LogP contribution in [0.25, 0.3) is 6.08 Å². The van der Waals surface area contributed by atoms with Gasteiger partial charge in [0.05, 0.1) is 5.75 Å². The van der Waals surface area contributed by atoms with Crippen LogP contribution in [-0.2, 0) is 9.59 Å². The molecule has 0 aromatic heterocycles. The van der Waals surface area contributed by atoms with Gasteiger partial charge in [-0.15, -0.1) is 0 Å². The Morgan fingerprint density at radius 1 is 1.29 bits per heavy atom. The van der Waals surface area contributed by atoms with Crippen molar-refractivity contribution in [3.8, 4) is 0 Å². The number of nitrogens with one attached hydrogen (secondary N) is 1. The molecule has 1 aromatic carbocycles. The molecule has 0 unspecified atom stereocenters. The molecule has 1 rings (SSSR count).